The summed E-state index contributed by atoms with van der Waals surface area (Å²) in [7, 11) is 0. The molecule has 2 aromatic heterocycles. The first-order valence-electron chi connectivity index (χ1n) is 6.31. The highest BCUT2D eigenvalue weighted by molar-refractivity contribution is 6.07. The molecule has 0 aliphatic rings. The molecule has 0 fully saturated rings. The lowest BCUT2D eigenvalue weighted by Gasteiger charge is -2.00. The number of hydrogen-bond donors (Lipinski definition) is 0. The van der Waals surface area contributed by atoms with Crippen molar-refractivity contribution in [3.05, 3.63) is 78.3 Å². The van der Waals surface area contributed by atoms with Gasteiger partial charge in [-0.05, 0) is 35.9 Å². The molecule has 3 nitrogen and oxygen atoms in total. The minimum Gasteiger partial charge on any atom is -0.289 e. The number of nitrogens with zero attached hydrogens (tertiary/aromatic N) is 2. The second kappa shape index (κ2) is 5.45. The van der Waals surface area contributed by atoms with Gasteiger partial charge < -0.3 is 0 Å². The Bertz CT molecular complexity index is 774. The van der Waals surface area contributed by atoms with Crippen LogP contribution in [0.3, 0.4) is 0 Å². The fraction of sp³-hybridized carbons (Fsp3) is 0. The number of rotatable bonds is 3. The fourth-order valence-electron chi connectivity index (χ4n) is 2.04. The Morgan fingerprint density at radius 2 is 1.90 bits per heavy atom. The number of hydrogen-bond acceptors (Lipinski definition) is 3. The van der Waals surface area contributed by atoms with Crippen molar-refractivity contribution in [1.29, 1.82) is 0 Å². The summed E-state index contributed by atoms with van der Waals surface area (Å²) >= 11 is 0. The van der Waals surface area contributed by atoms with Crippen LogP contribution in [0, 0.1) is 0 Å². The number of allylic oxidation sites excluding steroid dienone is 1. The highest BCUT2D eigenvalue weighted by atomic mass is 16.1. The average molecular weight is 260 g/mol. The van der Waals surface area contributed by atoms with Crippen molar-refractivity contribution in [3.8, 4) is 0 Å². The topological polar surface area (TPSA) is 42.9 Å². The van der Waals surface area contributed by atoms with E-state index in [1.165, 1.54) is 0 Å². The molecule has 0 spiro atoms. The Morgan fingerprint density at radius 3 is 2.75 bits per heavy atom. The molecule has 0 amide bonds. The third-order valence-electron chi connectivity index (χ3n) is 3.04. The average Bonchev–Trinajstić information content (AvgIpc) is 2.53. The van der Waals surface area contributed by atoms with Crippen molar-refractivity contribution in [2.45, 2.75) is 0 Å². The van der Waals surface area contributed by atoms with E-state index >= 15 is 0 Å². The van der Waals surface area contributed by atoms with E-state index in [9.17, 15) is 4.79 Å². The molecular formula is C17H12N2O. The maximum atomic E-state index is 12.0. The van der Waals surface area contributed by atoms with Gasteiger partial charge in [-0.3, -0.25) is 14.8 Å². The first kappa shape index (κ1) is 12.2. The summed E-state index contributed by atoms with van der Waals surface area (Å²) in [5.41, 5.74) is 2.48. The molecule has 3 rings (SSSR count). The summed E-state index contributed by atoms with van der Waals surface area (Å²) in [6.07, 6.45) is 8.36. The van der Waals surface area contributed by atoms with Gasteiger partial charge >= 0.3 is 0 Å². The van der Waals surface area contributed by atoms with Gasteiger partial charge in [0, 0.05) is 29.5 Å². The summed E-state index contributed by atoms with van der Waals surface area (Å²) < 4.78 is 0. The number of benzene rings is 1. The van der Waals surface area contributed by atoms with Gasteiger partial charge in [-0.2, -0.15) is 0 Å². The minimum absolute atomic E-state index is 0.0565. The van der Waals surface area contributed by atoms with Gasteiger partial charge in [-0.25, -0.2) is 0 Å². The quantitative estimate of drug-likeness (QED) is 0.534. The largest absolute Gasteiger partial charge is 0.289 e. The number of carbonyl (C=O) groups is 1. The summed E-state index contributed by atoms with van der Waals surface area (Å²) in [6.45, 7) is 0. The summed E-state index contributed by atoms with van der Waals surface area (Å²) in [5, 5.41) is 1.03. The van der Waals surface area contributed by atoms with Gasteiger partial charge in [0.05, 0.1) is 5.52 Å². The minimum atomic E-state index is -0.0565. The highest BCUT2D eigenvalue weighted by Crippen LogP contribution is 2.17. The van der Waals surface area contributed by atoms with Crippen LogP contribution in [0.5, 0.6) is 0 Å². The zero-order valence-electron chi connectivity index (χ0n) is 10.7. The van der Waals surface area contributed by atoms with E-state index in [2.05, 4.69) is 9.97 Å². The molecule has 96 valence electrons. The van der Waals surface area contributed by atoms with Crippen LogP contribution in [-0.2, 0) is 0 Å². The second-order valence-corrected chi connectivity index (χ2v) is 4.36. The molecule has 0 radical (unpaired) electrons. The maximum Gasteiger partial charge on any atom is 0.187 e. The SMILES string of the molecule is O=C(/C=C/c1cccc2ncccc12)c1cccnc1. The van der Waals surface area contributed by atoms with Crippen LogP contribution in [0.15, 0.2) is 67.1 Å². The van der Waals surface area contributed by atoms with Gasteiger partial charge in [0.15, 0.2) is 5.78 Å². The predicted octanol–water partition coefficient (Wildman–Crippen LogP) is 3.53. The summed E-state index contributed by atoms with van der Waals surface area (Å²) in [6, 6.07) is 13.3. The molecule has 3 heteroatoms. The molecule has 1 aromatic carbocycles. The lowest BCUT2D eigenvalue weighted by molar-refractivity contribution is 0.104. The molecule has 3 aromatic rings. The van der Waals surface area contributed by atoms with E-state index in [-0.39, 0.29) is 5.78 Å². The van der Waals surface area contributed by atoms with Crippen LogP contribution < -0.4 is 0 Å². The van der Waals surface area contributed by atoms with Gasteiger partial charge in [0.1, 0.15) is 0 Å². The first-order valence-corrected chi connectivity index (χ1v) is 6.31. The van der Waals surface area contributed by atoms with Crippen molar-refractivity contribution in [3.63, 3.8) is 0 Å². The van der Waals surface area contributed by atoms with Crippen molar-refractivity contribution < 1.29 is 4.79 Å². The van der Waals surface area contributed by atoms with Crippen LogP contribution in [0.4, 0.5) is 0 Å². The van der Waals surface area contributed by atoms with Crippen LogP contribution in [-0.4, -0.2) is 15.8 Å². The van der Waals surface area contributed by atoms with Crippen molar-refractivity contribution in [2.24, 2.45) is 0 Å². The van der Waals surface area contributed by atoms with E-state index < -0.39 is 0 Å². The molecule has 0 aliphatic heterocycles. The Morgan fingerprint density at radius 1 is 1.00 bits per heavy atom. The number of pyridine rings is 2. The van der Waals surface area contributed by atoms with Gasteiger partial charge in [0.2, 0.25) is 0 Å². The zero-order chi connectivity index (χ0) is 13.8. The van der Waals surface area contributed by atoms with E-state index in [0.29, 0.717) is 5.56 Å². The molecule has 0 aliphatic carbocycles. The van der Waals surface area contributed by atoms with Crippen LogP contribution in [0.1, 0.15) is 15.9 Å². The molecule has 0 saturated heterocycles. The van der Waals surface area contributed by atoms with E-state index in [0.717, 1.165) is 16.5 Å². The lowest BCUT2D eigenvalue weighted by atomic mass is 10.1. The second-order valence-electron chi connectivity index (χ2n) is 4.36. The molecule has 0 unspecified atom stereocenters. The predicted molar refractivity (Wildman–Crippen MR) is 79.3 cm³/mol. The highest BCUT2D eigenvalue weighted by Gasteiger charge is 2.02. The monoisotopic (exact) mass is 260 g/mol. The van der Waals surface area contributed by atoms with Crippen molar-refractivity contribution in [1.82, 2.24) is 9.97 Å². The van der Waals surface area contributed by atoms with Crippen LogP contribution >= 0.6 is 0 Å². The molecule has 0 atom stereocenters. The fourth-order valence-corrected chi connectivity index (χ4v) is 2.04. The number of aromatic nitrogens is 2. The van der Waals surface area contributed by atoms with Gasteiger partial charge in [-0.15, -0.1) is 0 Å². The van der Waals surface area contributed by atoms with Crippen LogP contribution in [0.2, 0.25) is 0 Å². The molecule has 2 heterocycles. The first-order chi connectivity index (χ1) is 9.84. The summed E-state index contributed by atoms with van der Waals surface area (Å²) in [5.74, 6) is -0.0565. The smallest absolute Gasteiger partial charge is 0.187 e. The standard InChI is InChI=1S/C17H12N2O/c20-17(14-5-2-10-18-12-14)9-8-13-4-1-7-16-15(13)6-3-11-19-16/h1-12H/b9-8+. The molecule has 0 bridgehead atoms. The maximum absolute atomic E-state index is 12.0. The van der Waals surface area contributed by atoms with Gasteiger partial charge in [0.25, 0.3) is 0 Å². The van der Waals surface area contributed by atoms with Crippen molar-refractivity contribution >= 4 is 22.8 Å². The third kappa shape index (κ3) is 2.47. The lowest BCUT2D eigenvalue weighted by Crippen LogP contribution is -1.94. The van der Waals surface area contributed by atoms with E-state index in [4.69, 9.17) is 0 Å². The van der Waals surface area contributed by atoms with E-state index in [1.807, 2.05) is 36.4 Å². The Kier molecular flexibility index (Phi) is 3.33. The number of carbonyl (C=O) groups excluding carboxylic acids is 1. The third-order valence-corrected chi connectivity index (χ3v) is 3.04. The Balaban J connectivity index is 1.94. The zero-order valence-corrected chi connectivity index (χ0v) is 10.7. The Hall–Kier alpha value is -2.81. The van der Waals surface area contributed by atoms with Gasteiger partial charge in [-0.1, -0.05) is 24.3 Å². The molecule has 0 N–H and O–H groups in total. The summed E-state index contributed by atoms with van der Waals surface area (Å²) in [4.78, 5) is 20.3. The van der Waals surface area contributed by atoms with E-state index in [1.54, 1.807) is 36.8 Å². The normalized spacial score (nSPS) is 11.0. The molecule has 20 heavy (non-hydrogen) atoms. The number of ketones is 1. The number of fused-ring (bicyclic) bond motifs is 1. The molecular weight excluding hydrogens is 248 g/mol. The van der Waals surface area contributed by atoms with Crippen LogP contribution in [0.25, 0.3) is 17.0 Å². The molecule has 0 saturated carbocycles. The van der Waals surface area contributed by atoms with Crippen molar-refractivity contribution in [2.75, 3.05) is 0 Å². The Labute approximate surface area is 116 Å².